The van der Waals surface area contributed by atoms with Gasteiger partial charge in [-0.15, -0.1) is 0 Å². The Kier molecular flexibility index (Phi) is 6.79. The molecule has 160 valence electrons. The van der Waals surface area contributed by atoms with Crippen molar-refractivity contribution < 1.29 is 9.53 Å². The van der Waals surface area contributed by atoms with Gasteiger partial charge >= 0.3 is 0 Å². The molecule has 6 nitrogen and oxygen atoms in total. The molecule has 1 N–H and O–H groups in total. The van der Waals surface area contributed by atoms with Crippen LogP contribution in [0.3, 0.4) is 0 Å². The maximum atomic E-state index is 12.7. The van der Waals surface area contributed by atoms with E-state index in [2.05, 4.69) is 20.1 Å². The smallest absolute Gasteiger partial charge is 0.241 e. The van der Waals surface area contributed by atoms with Crippen molar-refractivity contribution in [2.24, 2.45) is 0 Å². The van der Waals surface area contributed by atoms with E-state index in [9.17, 15) is 4.79 Å². The zero-order valence-electron chi connectivity index (χ0n) is 17.8. The Hall–Kier alpha value is -3.38. The molecule has 1 aliphatic rings. The van der Waals surface area contributed by atoms with Gasteiger partial charge in [-0.25, -0.2) is 4.98 Å². The van der Waals surface area contributed by atoms with Crippen molar-refractivity contribution in [1.29, 1.82) is 0 Å². The van der Waals surface area contributed by atoms with E-state index in [1.54, 1.807) is 0 Å². The van der Waals surface area contributed by atoms with Crippen LogP contribution in [0.25, 0.3) is 0 Å². The van der Waals surface area contributed by atoms with Crippen molar-refractivity contribution in [3.8, 4) is 5.75 Å². The Morgan fingerprint density at radius 1 is 0.968 bits per heavy atom. The lowest BCUT2D eigenvalue weighted by Crippen LogP contribution is -2.53. The molecule has 0 radical (unpaired) electrons. The Balaban J connectivity index is 1.25. The van der Waals surface area contributed by atoms with Gasteiger partial charge in [0.15, 0.2) is 0 Å². The summed E-state index contributed by atoms with van der Waals surface area (Å²) in [5.74, 6) is 1.78. The van der Waals surface area contributed by atoms with E-state index in [1.807, 2.05) is 85.9 Å². The normalized spacial score (nSPS) is 15.3. The number of ether oxygens (including phenoxy) is 1. The number of piperazine rings is 1. The van der Waals surface area contributed by atoms with Crippen LogP contribution < -0.4 is 15.0 Å². The fraction of sp³-hybridized carbons (Fsp3) is 0.280. The number of anilines is 2. The van der Waals surface area contributed by atoms with Crippen LogP contribution in [0.2, 0.25) is 0 Å². The van der Waals surface area contributed by atoms with Gasteiger partial charge in [0.2, 0.25) is 5.91 Å². The van der Waals surface area contributed by atoms with Gasteiger partial charge in [0, 0.05) is 38.1 Å². The number of carbonyl (C=O) groups excluding carboxylic acids is 1. The number of benzene rings is 2. The molecule has 0 saturated carbocycles. The molecule has 4 rings (SSSR count). The molecule has 1 saturated heterocycles. The molecule has 1 amide bonds. The zero-order chi connectivity index (χ0) is 21.5. The molecular formula is C25H28N4O2. The van der Waals surface area contributed by atoms with E-state index in [1.165, 1.54) is 0 Å². The molecule has 3 aromatic rings. The van der Waals surface area contributed by atoms with Gasteiger partial charge in [-0.3, -0.25) is 9.69 Å². The lowest BCUT2D eigenvalue weighted by molar-refractivity contribution is -0.120. The van der Waals surface area contributed by atoms with Gasteiger partial charge < -0.3 is 15.0 Å². The van der Waals surface area contributed by atoms with Gasteiger partial charge in [0.25, 0.3) is 0 Å². The largest absolute Gasteiger partial charge is 0.489 e. The molecule has 31 heavy (non-hydrogen) atoms. The molecule has 1 aromatic heterocycles. The van der Waals surface area contributed by atoms with Gasteiger partial charge in [0.05, 0.1) is 6.04 Å². The summed E-state index contributed by atoms with van der Waals surface area (Å²) in [5, 5.41) is 3.02. The number of carbonyl (C=O) groups is 1. The van der Waals surface area contributed by atoms with Crippen LogP contribution in [0.5, 0.6) is 5.75 Å². The first-order valence-corrected chi connectivity index (χ1v) is 10.7. The van der Waals surface area contributed by atoms with E-state index in [0.717, 1.165) is 49.0 Å². The number of amides is 1. The third-order valence-corrected chi connectivity index (χ3v) is 5.58. The number of nitrogens with one attached hydrogen (secondary N) is 1. The van der Waals surface area contributed by atoms with Gasteiger partial charge in [-0.05, 0) is 48.9 Å². The second kappa shape index (κ2) is 10.1. The summed E-state index contributed by atoms with van der Waals surface area (Å²) in [6.07, 6.45) is 1.82. The van der Waals surface area contributed by atoms with E-state index < -0.39 is 0 Å². The molecular weight excluding hydrogens is 388 g/mol. The van der Waals surface area contributed by atoms with Crippen LogP contribution in [0, 0.1) is 0 Å². The minimum atomic E-state index is -0.195. The summed E-state index contributed by atoms with van der Waals surface area (Å²) in [4.78, 5) is 21.6. The second-order valence-electron chi connectivity index (χ2n) is 7.67. The zero-order valence-corrected chi connectivity index (χ0v) is 17.8. The van der Waals surface area contributed by atoms with Crippen molar-refractivity contribution in [2.75, 3.05) is 36.4 Å². The first-order chi connectivity index (χ1) is 15.2. The van der Waals surface area contributed by atoms with E-state index in [-0.39, 0.29) is 11.9 Å². The van der Waals surface area contributed by atoms with Crippen LogP contribution in [0.1, 0.15) is 12.5 Å². The third-order valence-electron chi connectivity index (χ3n) is 5.58. The number of hydrogen-bond donors (Lipinski definition) is 1. The molecule has 1 fully saturated rings. The molecule has 1 aliphatic heterocycles. The van der Waals surface area contributed by atoms with Crippen LogP contribution in [-0.4, -0.2) is 48.0 Å². The first-order valence-electron chi connectivity index (χ1n) is 10.7. The Morgan fingerprint density at radius 3 is 2.35 bits per heavy atom. The quantitative estimate of drug-likeness (QED) is 0.635. The van der Waals surface area contributed by atoms with E-state index in [0.29, 0.717) is 6.61 Å². The monoisotopic (exact) mass is 416 g/mol. The van der Waals surface area contributed by atoms with Crippen molar-refractivity contribution in [3.05, 3.63) is 84.6 Å². The van der Waals surface area contributed by atoms with Crippen molar-refractivity contribution in [2.45, 2.75) is 19.6 Å². The predicted molar refractivity (Wildman–Crippen MR) is 123 cm³/mol. The molecule has 0 aliphatic carbocycles. The highest BCUT2D eigenvalue weighted by Gasteiger charge is 2.26. The number of nitrogens with zero attached hydrogens (tertiary/aromatic N) is 3. The second-order valence-corrected chi connectivity index (χ2v) is 7.67. The number of hydrogen-bond acceptors (Lipinski definition) is 5. The maximum Gasteiger partial charge on any atom is 0.241 e. The summed E-state index contributed by atoms with van der Waals surface area (Å²) < 4.78 is 5.81. The Labute approximate surface area is 183 Å². The number of aromatic nitrogens is 1. The topological polar surface area (TPSA) is 57.7 Å². The minimum Gasteiger partial charge on any atom is -0.489 e. The Bertz CT molecular complexity index is 956. The lowest BCUT2D eigenvalue weighted by Gasteiger charge is -2.37. The van der Waals surface area contributed by atoms with Crippen LogP contribution in [0.4, 0.5) is 11.5 Å². The van der Waals surface area contributed by atoms with Gasteiger partial charge in [-0.1, -0.05) is 36.4 Å². The summed E-state index contributed by atoms with van der Waals surface area (Å²) >= 11 is 0. The highest BCUT2D eigenvalue weighted by molar-refractivity contribution is 5.94. The van der Waals surface area contributed by atoms with Crippen LogP contribution in [0.15, 0.2) is 79.0 Å². The minimum absolute atomic E-state index is 0.00393. The standard InChI is InChI=1S/C25H28N4O2/c1-20(28-15-17-29(18-16-28)24-9-5-6-14-26-24)25(30)27-22-10-12-23(13-11-22)31-19-21-7-3-2-4-8-21/h2-14,20H,15-19H2,1H3,(H,27,30)/t20-/m0/s1. The summed E-state index contributed by atoms with van der Waals surface area (Å²) in [6, 6.07) is 23.3. The lowest BCUT2D eigenvalue weighted by atomic mass is 10.2. The highest BCUT2D eigenvalue weighted by atomic mass is 16.5. The average molecular weight is 417 g/mol. The molecule has 1 atom stereocenters. The van der Waals surface area contributed by atoms with E-state index in [4.69, 9.17) is 4.74 Å². The fourth-order valence-electron chi connectivity index (χ4n) is 3.67. The van der Waals surface area contributed by atoms with Crippen molar-refractivity contribution in [1.82, 2.24) is 9.88 Å². The van der Waals surface area contributed by atoms with Gasteiger partial charge in [0.1, 0.15) is 18.2 Å². The number of rotatable bonds is 7. The predicted octanol–water partition coefficient (Wildman–Crippen LogP) is 3.81. The fourth-order valence-corrected chi connectivity index (χ4v) is 3.67. The molecule has 6 heteroatoms. The first kappa shape index (κ1) is 20.9. The third kappa shape index (κ3) is 5.61. The average Bonchev–Trinajstić information content (AvgIpc) is 2.84. The van der Waals surface area contributed by atoms with E-state index >= 15 is 0 Å². The van der Waals surface area contributed by atoms with Crippen molar-refractivity contribution in [3.63, 3.8) is 0 Å². The van der Waals surface area contributed by atoms with Gasteiger partial charge in [-0.2, -0.15) is 0 Å². The molecule has 0 unspecified atom stereocenters. The SMILES string of the molecule is C[C@@H](C(=O)Nc1ccc(OCc2ccccc2)cc1)N1CCN(c2ccccn2)CC1. The summed E-state index contributed by atoms with van der Waals surface area (Å²) in [6.45, 7) is 5.87. The Morgan fingerprint density at radius 2 is 1.68 bits per heavy atom. The molecule has 2 aromatic carbocycles. The van der Waals surface area contributed by atoms with Crippen LogP contribution >= 0.6 is 0 Å². The molecule has 0 spiro atoms. The highest BCUT2D eigenvalue weighted by Crippen LogP contribution is 2.19. The molecule has 0 bridgehead atoms. The van der Waals surface area contributed by atoms with Crippen LogP contribution in [-0.2, 0) is 11.4 Å². The summed E-state index contributed by atoms with van der Waals surface area (Å²) in [5.41, 5.74) is 1.90. The number of pyridine rings is 1. The van der Waals surface area contributed by atoms with Crippen molar-refractivity contribution >= 4 is 17.4 Å². The summed E-state index contributed by atoms with van der Waals surface area (Å²) in [7, 11) is 0. The molecule has 2 heterocycles. The maximum absolute atomic E-state index is 12.7.